The molecule has 0 aromatic carbocycles. The quantitative estimate of drug-likeness (QED) is 0.737. The van der Waals surface area contributed by atoms with Crippen molar-refractivity contribution in [3.8, 4) is 17.1 Å². The molecule has 3 rings (SSSR count). The third-order valence-corrected chi connectivity index (χ3v) is 3.04. The molecule has 3 heterocycles. The van der Waals surface area contributed by atoms with Crippen LogP contribution < -0.4 is 15.8 Å². The third-order valence-electron chi connectivity index (χ3n) is 3.04. The number of anilines is 2. The summed E-state index contributed by atoms with van der Waals surface area (Å²) in [6.45, 7) is 3.68. The molecule has 0 bridgehead atoms. The summed E-state index contributed by atoms with van der Waals surface area (Å²) in [6, 6.07) is 3.47. The number of carbonyl (C=O) groups is 1. The van der Waals surface area contributed by atoms with Crippen molar-refractivity contribution in [1.82, 2.24) is 24.9 Å². The highest BCUT2D eigenvalue weighted by Crippen LogP contribution is 2.24. The Morgan fingerprint density at radius 1 is 1.21 bits per heavy atom. The number of rotatable bonds is 4. The van der Waals surface area contributed by atoms with Crippen LogP contribution in [0.2, 0.25) is 0 Å². The number of hydrogen-bond donors (Lipinski definition) is 2. The highest BCUT2D eigenvalue weighted by Gasteiger charge is 2.12. The zero-order valence-corrected chi connectivity index (χ0v) is 13.1. The van der Waals surface area contributed by atoms with Crippen LogP contribution in [0.25, 0.3) is 22.4 Å². The minimum Gasteiger partial charge on any atom is -0.476 e. The fourth-order valence-electron chi connectivity index (χ4n) is 2.07. The first-order valence-electron chi connectivity index (χ1n) is 7.24. The number of ether oxygens (including phenoxy) is 1. The van der Waals surface area contributed by atoms with Gasteiger partial charge in [0.2, 0.25) is 17.7 Å². The lowest BCUT2D eigenvalue weighted by Crippen LogP contribution is -2.07. The van der Waals surface area contributed by atoms with E-state index in [2.05, 4.69) is 30.2 Å². The molecule has 0 aliphatic heterocycles. The second-order valence-corrected chi connectivity index (χ2v) is 4.86. The molecule has 0 saturated heterocycles. The van der Waals surface area contributed by atoms with Crippen LogP contribution in [0.15, 0.2) is 24.5 Å². The number of nitrogen functional groups attached to an aromatic ring is 1. The number of nitrogens with one attached hydrogen (secondary N) is 1. The predicted molar refractivity (Wildman–Crippen MR) is 88.2 cm³/mol. The molecule has 0 unspecified atom stereocenters. The minimum atomic E-state index is -0.183. The maximum atomic E-state index is 11.0. The van der Waals surface area contributed by atoms with Gasteiger partial charge < -0.3 is 15.8 Å². The largest absolute Gasteiger partial charge is 0.476 e. The highest BCUT2D eigenvalue weighted by atomic mass is 16.5. The van der Waals surface area contributed by atoms with Gasteiger partial charge in [0.05, 0.1) is 18.5 Å². The number of nitrogens with zero attached hydrogens (tertiary/aromatic N) is 5. The maximum Gasteiger partial charge on any atom is 0.247 e. The van der Waals surface area contributed by atoms with Gasteiger partial charge in [-0.2, -0.15) is 9.97 Å². The topological polar surface area (TPSA) is 129 Å². The van der Waals surface area contributed by atoms with Crippen LogP contribution in [0, 0.1) is 0 Å². The molecule has 0 spiro atoms. The van der Waals surface area contributed by atoms with Gasteiger partial charge >= 0.3 is 0 Å². The first kappa shape index (κ1) is 15.5. The summed E-state index contributed by atoms with van der Waals surface area (Å²) in [5.41, 5.74) is 7.75. The van der Waals surface area contributed by atoms with Crippen LogP contribution in [0.5, 0.6) is 5.88 Å². The molecule has 0 saturated carbocycles. The maximum absolute atomic E-state index is 11.0. The number of aromatic nitrogens is 5. The number of amides is 1. The summed E-state index contributed by atoms with van der Waals surface area (Å²) in [5, 5.41) is 2.61. The van der Waals surface area contributed by atoms with E-state index >= 15 is 0 Å². The normalized spacial score (nSPS) is 10.6. The Labute approximate surface area is 137 Å². The molecule has 3 aromatic rings. The van der Waals surface area contributed by atoms with E-state index in [1.807, 2.05) is 6.92 Å². The second kappa shape index (κ2) is 6.41. The Morgan fingerprint density at radius 2 is 2.04 bits per heavy atom. The fraction of sp³-hybridized carbons (Fsp3) is 0.200. The molecule has 0 atom stereocenters. The van der Waals surface area contributed by atoms with Gasteiger partial charge in [-0.15, -0.1) is 0 Å². The highest BCUT2D eigenvalue weighted by molar-refractivity contribution is 5.87. The average Bonchev–Trinajstić information content (AvgIpc) is 2.55. The van der Waals surface area contributed by atoms with Crippen LogP contribution in [0.1, 0.15) is 13.8 Å². The van der Waals surface area contributed by atoms with Crippen LogP contribution >= 0.6 is 0 Å². The summed E-state index contributed by atoms with van der Waals surface area (Å²) in [4.78, 5) is 32.1. The summed E-state index contributed by atoms with van der Waals surface area (Å²) in [7, 11) is 0. The van der Waals surface area contributed by atoms with Crippen molar-refractivity contribution >= 4 is 28.8 Å². The zero-order chi connectivity index (χ0) is 17.1. The zero-order valence-electron chi connectivity index (χ0n) is 13.1. The first-order valence-corrected chi connectivity index (χ1v) is 7.24. The number of nitrogens with two attached hydrogens (primary N) is 1. The van der Waals surface area contributed by atoms with E-state index in [9.17, 15) is 4.79 Å². The lowest BCUT2D eigenvalue weighted by atomic mass is 10.2. The Balaban J connectivity index is 2.02. The molecule has 24 heavy (non-hydrogen) atoms. The number of carbonyl (C=O) groups excluding carboxylic acids is 1. The van der Waals surface area contributed by atoms with Gasteiger partial charge in [-0.1, -0.05) is 0 Å². The molecule has 3 aromatic heterocycles. The van der Waals surface area contributed by atoms with Gasteiger partial charge in [-0.3, -0.25) is 4.79 Å². The van der Waals surface area contributed by atoms with Gasteiger partial charge in [-0.25, -0.2) is 15.0 Å². The van der Waals surface area contributed by atoms with E-state index in [0.29, 0.717) is 29.3 Å². The van der Waals surface area contributed by atoms with E-state index in [1.165, 1.54) is 6.92 Å². The van der Waals surface area contributed by atoms with Crippen molar-refractivity contribution in [1.29, 1.82) is 0 Å². The van der Waals surface area contributed by atoms with Crippen molar-refractivity contribution in [3.05, 3.63) is 24.5 Å². The van der Waals surface area contributed by atoms with Gasteiger partial charge in [0.1, 0.15) is 5.82 Å². The fourth-order valence-corrected chi connectivity index (χ4v) is 2.07. The van der Waals surface area contributed by atoms with Crippen LogP contribution in [0.4, 0.5) is 11.8 Å². The van der Waals surface area contributed by atoms with E-state index in [-0.39, 0.29) is 17.7 Å². The second-order valence-electron chi connectivity index (χ2n) is 4.86. The summed E-state index contributed by atoms with van der Waals surface area (Å²) < 4.78 is 5.46. The standard InChI is InChI=1S/C15H15N7O2/c1-3-24-14-12-13(21-15(16)22-14)18-7-10(20-12)9-4-5-11(17-6-9)19-8(2)23/h4-7H,3H2,1-2H3,(H,17,19,23)(H2,16,18,21,22). The smallest absolute Gasteiger partial charge is 0.247 e. The molecule has 0 aliphatic carbocycles. The van der Waals surface area contributed by atoms with E-state index in [1.54, 1.807) is 24.5 Å². The van der Waals surface area contributed by atoms with Gasteiger partial charge in [0.25, 0.3) is 0 Å². The van der Waals surface area contributed by atoms with Crippen molar-refractivity contribution < 1.29 is 9.53 Å². The monoisotopic (exact) mass is 325 g/mol. The average molecular weight is 325 g/mol. The lowest BCUT2D eigenvalue weighted by Gasteiger charge is -2.08. The van der Waals surface area contributed by atoms with Crippen molar-refractivity contribution in [3.63, 3.8) is 0 Å². The van der Waals surface area contributed by atoms with E-state index < -0.39 is 0 Å². The van der Waals surface area contributed by atoms with E-state index in [0.717, 1.165) is 5.56 Å². The summed E-state index contributed by atoms with van der Waals surface area (Å²) in [6.07, 6.45) is 3.17. The third kappa shape index (κ3) is 3.19. The molecule has 122 valence electrons. The molecular weight excluding hydrogens is 310 g/mol. The molecule has 1 amide bonds. The first-order chi connectivity index (χ1) is 11.6. The Kier molecular flexibility index (Phi) is 4.15. The van der Waals surface area contributed by atoms with Crippen molar-refractivity contribution in [2.45, 2.75) is 13.8 Å². The van der Waals surface area contributed by atoms with Crippen molar-refractivity contribution in [2.75, 3.05) is 17.7 Å². The molecule has 0 radical (unpaired) electrons. The predicted octanol–water partition coefficient (Wildman–Crippen LogP) is 1.42. The molecule has 0 aliphatic rings. The molecule has 9 nitrogen and oxygen atoms in total. The number of fused-ring (bicyclic) bond motifs is 1. The molecule has 9 heteroatoms. The Hall–Kier alpha value is -3.36. The molecular formula is C15H15N7O2. The number of hydrogen-bond acceptors (Lipinski definition) is 8. The Bertz CT molecular complexity index is 896. The van der Waals surface area contributed by atoms with Crippen LogP contribution in [-0.2, 0) is 4.79 Å². The number of pyridine rings is 1. The van der Waals surface area contributed by atoms with Gasteiger partial charge in [0, 0.05) is 18.7 Å². The molecule has 0 fully saturated rings. The summed E-state index contributed by atoms with van der Waals surface area (Å²) >= 11 is 0. The molecule has 3 N–H and O–H groups in total. The summed E-state index contributed by atoms with van der Waals surface area (Å²) in [5.74, 6) is 0.648. The van der Waals surface area contributed by atoms with Crippen LogP contribution in [-0.4, -0.2) is 37.4 Å². The van der Waals surface area contributed by atoms with Gasteiger partial charge in [0.15, 0.2) is 11.2 Å². The van der Waals surface area contributed by atoms with Gasteiger partial charge in [-0.05, 0) is 19.1 Å². The van der Waals surface area contributed by atoms with E-state index in [4.69, 9.17) is 10.5 Å². The SMILES string of the molecule is CCOc1nc(N)nc2ncc(-c3ccc(NC(C)=O)nc3)nc12. The van der Waals surface area contributed by atoms with Crippen LogP contribution in [0.3, 0.4) is 0 Å². The Morgan fingerprint density at radius 3 is 2.71 bits per heavy atom. The lowest BCUT2D eigenvalue weighted by molar-refractivity contribution is -0.114. The minimum absolute atomic E-state index is 0.0781. The van der Waals surface area contributed by atoms with Crippen molar-refractivity contribution in [2.24, 2.45) is 0 Å².